The molecule has 0 aromatic heterocycles. The van der Waals surface area contributed by atoms with E-state index in [1.54, 1.807) is 0 Å². The second kappa shape index (κ2) is 6.39. The van der Waals surface area contributed by atoms with Gasteiger partial charge in [0.15, 0.2) is 0 Å². The summed E-state index contributed by atoms with van der Waals surface area (Å²) in [6.45, 7) is 0. The normalized spacial score (nSPS) is 15.8. The molecule has 0 aliphatic heterocycles. The van der Waals surface area contributed by atoms with Crippen LogP contribution in [0.25, 0.3) is 0 Å². The zero-order valence-electron chi connectivity index (χ0n) is 6.44. The van der Waals surface area contributed by atoms with Crippen LogP contribution < -0.4 is 0 Å². The van der Waals surface area contributed by atoms with Crippen LogP contribution in [0, 0.1) is 0 Å². The van der Waals surface area contributed by atoms with Gasteiger partial charge in [0.2, 0.25) is 0 Å². The second-order valence-electron chi connectivity index (χ2n) is 2.17. The Labute approximate surface area is 76.3 Å². The zero-order valence-corrected chi connectivity index (χ0v) is 8.75. The molecule has 0 radical (unpaired) electrons. The van der Waals surface area contributed by atoms with E-state index in [4.69, 9.17) is 0 Å². The van der Waals surface area contributed by atoms with Crippen LogP contribution in [0.3, 0.4) is 0 Å². The van der Waals surface area contributed by atoms with Crippen molar-refractivity contribution in [2.75, 3.05) is 0 Å². The Balaban J connectivity index is 4.57. The molecule has 3 nitrogen and oxygen atoms in total. The summed E-state index contributed by atoms with van der Waals surface area (Å²) >= 11 is 0. The maximum atomic E-state index is 12.9. The highest BCUT2D eigenvalue weighted by Crippen LogP contribution is 2.14. The van der Waals surface area contributed by atoms with Gasteiger partial charge >= 0.3 is 0 Å². The van der Waals surface area contributed by atoms with Crippen molar-refractivity contribution in [1.82, 2.24) is 0 Å². The van der Waals surface area contributed by atoms with Crippen molar-refractivity contribution in [3.8, 4) is 0 Å². The minimum Gasteiger partial charge on any atom is -0.312 e. The van der Waals surface area contributed by atoms with Crippen molar-refractivity contribution >= 4 is 36.4 Å². The van der Waals surface area contributed by atoms with Gasteiger partial charge in [-0.15, -0.1) is 0 Å². The minimum absolute atomic E-state index is 0.120. The molecule has 0 heterocycles. The van der Waals surface area contributed by atoms with Gasteiger partial charge in [-0.1, -0.05) is 0 Å². The van der Waals surface area contributed by atoms with E-state index in [1.165, 1.54) is 11.9 Å². The van der Waals surface area contributed by atoms with Crippen molar-refractivity contribution in [3.63, 3.8) is 0 Å². The molecule has 70 valence electrons. The molecule has 0 spiro atoms. The van der Waals surface area contributed by atoms with Crippen molar-refractivity contribution < 1.29 is 22.6 Å². The van der Waals surface area contributed by atoms with E-state index in [2.05, 4.69) is 0 Å². The molecule has 0 fully saturated rings. The van der Waals surface area contributed by atoms with Crippen molar-refractivity contribution in [2.24, 2.45) is 0 Å². The molecule has 2 atom stereocenters. The number of halogens is 2. The predicted molar refractivity (Wildman–Crippen MR) is 46.9 cm³/mol. The molecule has 0 saturated heterocycles. The van der Waals surface area contributed by atoms with Gasteiger partial charge in [0.05, 0.1) is 5.16 Å². The molecule has 2 unspecified atom stereocenters. The van der Waals surface area contributed by atoms with E-state index in [-0.39, 0.29) is 6.29 Å². The molecule has 7 heteroatoms. The molecule has 0 N–H and O–H groups in total. The Hall–Kier alpha value is -1.14. The van der Waals surface area contributed by atoms with E-state index < -0.39 is 23.4 Å². The van der Waals surface area contributed by atoms with Gasteiger partial charge in [-0.05, 0) is 0 Å². The Bertz CT molecular complexity index is 247. The lowest BCUT2D eigenvalue weighted by Crippen LogP contribution is -2.27. The molecule has 0 aromatic rings. The number of carbonyl (C=O) groups is 1. The third kappa shape index (κ3) is 3.86. The maximum absolute atomic E-state index is 12.9. The van der Waals surface area contributed by atoms with Crippen LogP contribution in [0.5, 0.6) is 0 Å². The largest absolute Gasteiger partial charge is 0.312 e. The summed E-state index contributed by atoms with van der Waals surface area (Å²) in [5.41, 5.74) is 1.11. The molecule has 0 aliphatic carbocycles. The monoisotopic (exact) mass is 220 g/mol. The highest BCUT2D eigenvalue weighted by atomic mass is 28.4. The van der Waals surface area contributed by atoms with Gasteiger partial charge in [-0.2, -0.15) is 0 Å². The minimum atomic E-state index is -3.35. The average Bonchev–Trinajstić information content (AvgIpc) is 2.06. The summed E-state index contributed by atoms with van der Waals surface area (Å²) in [7, 11) is -6.69. The molecular weight excluding hydrogens is 214 g/mol. The fraction of sp³-hybridized carbons (Fsp3) is 0.167. The summed E-state index contributed by atoms with van der Waals surface area (Å²) in [4.78, 5) is 29.7. The third-order valence-corrected chi connectivity index (χ3v) is 6.25. The number of hydrogen-bond acceptors (Lipinski definition) is 3. The zero-order chi connectivity index (χ0) is 10.3. The predicted octanol–water partition coefficient (Wildman–Crippen LogP) is -0.665. The highest BCUT2D eigenvalue weighted by molar-refractivity contribution is 6.83. The van der Waals surface area contributed by atoms with Gasteiger partial charge in [0, 0.05) is 11.4 Å². The van der Waals surface area contributed by atoms with Crippen molar-refractivity contribution in [3.05, 3.63) is 11.4 Å². The second-order valence-corrected chi connectivity index (χ2v) is 6.93. The fourth-order valence-corrected chi connectivity index (χ4v) is 3.75. The molecule has 0 rings (SSSR count). The summed E-state index contributed by atoms with van der Waals surface area (Å²) in [5, 5.41) is -1.41. The Morgan fingerprint density at radius 1 is 1.08 bits per heavy atom. The fourth-order valence-electron chi connectivity index (χ4n) is 0.678. The highest BCUT2D eigenvalue weighted by Gasteiger charge is 2.31. The number of carbonyl (C=O) groups excluding carboxylic acids is 3. The van der Waals surface area contributed by atoms with E-state index in [0.29, 0.717) is 11.4 Å². The summed E-state index contributed by atoms with van der Waals surface area (Å²) in [6.07, 6.45) is 0.120. The third-order valence-electron chi connectivity index (χ3n) is 1.35. The number of rotatable bonds is 5. The van der Waals surface area contributed by atoms with Crippen molar-refractivity contribution in [2.45, 2.75) is 5.16 Å². The first-order chi connectivity index (χ1) is 6.17. The number of hydrogen-bond donors (Lipinski definition) is 0. The molecule has 0 aromatic carbocycles. The average molecular weight is 220 g/mol. The van der Waals surface area contributed by atoms with Crippen LogP contribution >= 0.6 is 0 Å². The lowest BCUT2D eigenvalue weighted by molar-refractivity contribution is -0.106. The van der Waals surface area contributed by atoms with Gasteiger partial charge < -0.3 is 13.0 Å². The first kappa shape index (κ1) is 11.9. The first-order valence-corrected chi connectivity index (χ1v) is 6.86. The molecule has 0 amide bonds. The van der Waals surface area contributed by atoms with E-state index >= 15 is 0 Å². The maximum Gasteiger partial charge on any atom is 0.276 e. The lowest BCUT2D eigenvalue weighted by Gasteiger charge is -2.07. The lowest BCUT2D eigenvalue weighted by atomic mass is 10.9. The Kier molecular flexibility index (Phi) is 5.83. The number of aldehydes is 1. The van der Waals surface area contributed by atoms with Gasteiger partial charge in [0.25, 0.3) is 18.3 Å². The molecule has 0 saturated carbocycles. The van der Waals surface area contributed by atoms with E-state index in [1.807, 2.05) is 0 Å². The smallest absolute Gasteiger partial charge is 0.276 e. The first-order valence-electron chi connectivity index (χ1n) is 3.32. The molecule has 13 heavy (non-hydrogen) atoms. The van der Waals surface area contributed by atoms with Gasteiger partial charge in [-0.3, -0.25) is 0 Å². The standard InChI is InChI=1S/C6H6F2O3Si2/c7-12(3-1-9)6(5-11)13(8)4-2-10/h3-6,12-13H. The summed E-state index contributed by atoms with van der Waals surface area (Å²) in [6, 6.07) is 0. The van der Waals surface area contributed by atoms with Crippen LogP contribution in [-0.4, -0.2) is 36.4 Å². The summed E-state index contributed by atoms with van der Waals surface area (Å²) < 4.78 is 25.8. The van der Waals surface area contributed by atoms with Crippen LogP contribution in [0.4, 0.5) is 8.22 Å². The quantitative estimate of drug-likeness (QED) is 0.267. The van der Waals surface area contributed by atoms with Crippen LogP contribution in [0.1, 0.15) is 0 Å². The molecule has 0 bridgehead atoms. The van der Waals surface area contributed by atoms with Crippen molar-refractivity contribution in [1.29, 1.82) is 0 Å². The summed E-state index contributed by atoms with van der Waals surface area (Å²) in [5.74, 6) is 2.35. The van der Waals surface area contributed by atoms with E-state index in [0.717, 1.165) is 0 Å². The van der Waals surface area contributed by atoms with Crippen LogP contribution in [-0.2, 0) is 14.4 Å². The van der Waals surface area contributed by atoms with Gasteiger partial charge in [0.1, 0.15) is 18.2 Å². The Morgan fingerprint density at radius 3 is 1.69 bits per heavy atom. The SMILES string of the molecule is O=C=C[SiH](F)C(C=O)[SiH](F)C=C=O. The van der Waals surface area contributed by atoms with Crippen LogP contribution in [0.2, 0.25) is 5.16 Å². The molecule has 0 aliphatic rings. The topological polar surface area (TPSA) is 51.2 Å². The van der Waals surface area contributed by atoms with E-state index in [9.17, 15) is 22.6 Å². The van der Waals surface area contributed by atoms with Crippen LogP contribution in [0.15, 0.2) is 11.4 Å². The van der Waals surface area contributed by atoms with Gasteiger partial charge in [-0.25, -0.2) is 9.59 Å². The Morgan fingerprint density at radius 2 is 1.46 bits per heavy atom. The molecular formula is C6H6F2O3Si2.